The van der Waals surface area contributed by atoms with Gasteiger partial charge >= 0.3 is 6.03 Å². The maximum absolute atomic E-state index is 12.6. The molecule has 0 aliphatic carbocycles. The van der Waals surface area contributed by atoms with Crippen LogP contribution in [0.3, 0.4) is 0 Å². The number of rotatable bonds is 7. The fraction of sp³-hybridized carbons (Fsp3) is 0.350. The van der Waals surface area contributed by atoms with Crippen molar-refractivity contribution < 1.29 is 14.6 Å². The average molecular weight is 342 g/mol. The monoisotopic (exact) mass is 342 g/mol. The molecule has 5 nitrogen and oxygen atoms in total. The Morgan fingerprint density at radius 3 is 2.44 bits per heavy atom. The van der Waals surface area contributed by atoms with E-state index in [9.17, 15) is 9.90 Å². The number of benzene rings is 2. The van der Waals surface area contributed by atoms with Crippen molar-refractivity contribution in [2.24, 2.45) is 0 Å². The van der Waals surface area contributed by atoms with Crippen LogP contribution in [0.4, 0.5) is 4.79 Å². The van der Waals surface area contributed by atoms with E-state index in [1.165, 1.54) is 0 Å². The van der Waals surface area contributed by atoms with E-state index < -0.39 is 6.10 Å². The van der Waals surface area contributed by atoms with Crippen molar-refractivity contribution in [1.29, 1.82) is 0 Å². The van der Waals surface area contributed by atoms with Gasteiger partial charge < -0.3 is 20.1 Å². The number of ether oxygens (including phenoxy) is 1. The zero-order valence-electron chi connectivity index (χ0n) is 15.0. The highest BCUT2D eigenvalue weighted by Gasteiger charge is 2.21. The van der Waals surface area contributed by atoms with Gasteiger partial charge in [0, 0.05) is 19.2 Å². The van der Waals surface area contributed by atoms with E-state index in [1.807, 2.05) is 54.6 Å². The SMILES string of the molecule is COc1ccccc1C(NC(=O)N(C)CCC(C)O)c1ccccc1. The lowest BCUT2D eigenvalue weighted by Crippen LogP contribution is -2.40. The normalized spacial score (nSPS) is 13.0. The predicted molar refractivity (Wildman–Crippen MR) is 98.7 cm³/mol. The van der Waals surface area contributed by atoms with Gasteiger partial charge in [-0.1, -0.05) is 48.5 Å². The molecule has 2 aromatic carbocycles. The number of nitrogens with one attached hydrogen (secondary N) is 1. The van der Waals surface area contributed by atoms with E-state index in [1.54, 1.807) is 26.0 Å². The molecule has 2 atom stereocenters. The lowest BCUT2D eigenvalue weighted by molar-refractivity contribution is 0.162. The smallest absolute Gasteiger partial charge is 0.317 e. The van der Waals surface area contributed by atoms with Crippen LogP contribution in [0.15, 0.2) is 54.6 Å². The number of aliphatic hydroxyl groups is 1. The van der Waals surface area contributed by atoms with E-state index in [0.717, 1.165) is 16.9 Å². The second-order valence-electron chi connectivity index (χ2n) is 6.09. The molecule has 0 heterocycles. The molecular formula is C20H26N2O3. The quantitative estimate of drug-likeness (QED) is 0.812. The molecular weight excluding hydrogens is 316 g/mol. The zero-order chi connectivity index (χ0) is 18.2. The third kappa shape index (κ3) is 5.22. The molecule has 2 N–H and O–H groups in total. The number of hydrogen-bond acceptors (Lipinski definition) is 3. The number of carbonyl (C=O) groups is 1. The van der Waals surface area contributed by atoms with Crippen molar-refractivity contribution in [3.8, 4) is 5.75 Å². The Morgan fingerprint density at radius 2 is 1.80 bits per heavy atom. The summed E-state index contributed by atoms with van der Waals surface area (Å²) in [5, 5.41) is 12.5. The summed E-state index contributed by atoms with van der Waals surface area (Å²) in [6.45, 7) is 2.20. The van der Waals surface area contributed by atoms with Gasteiger partial charge in [-0.2, -0.15) is 0 Å². The summed E-state index contributed by atoms with van der Waals surface area (Å²) in [5.74, 6) is 0.725. The van der Waals surface area contributed by atoms with Crippen LogP contribution in [0.1, 0.15) is 30.5 Å². The minimum absolute atomic E-state index is 0.194. The fourth-order valence-corrected chi connectivity index (χ4v) is 2.61. The molecule has 0 spiro atoms. The van der Waals surface area contributed by atoms with Crippen LogP contribution in [0, 0.1) is 0 Å². The molecule has 0 bridgehead atoms. The summed E-state index contributed by atoms with van der Waals surface area (Å²) in [4.78, 5) is 14.2. The fourth-order valence-electron chi connectivity index (χ4n) is 2.61. The number of urea groups is 1. The zero-order valence-corrected chi connectivity index (χ0v) is 15.0. The summed E-state index contributed by atoms with van der Waals surface area (Å²) in [6.07, 6.45) is 0.101. The summed E-state index contributed by atoms with van der Waals surface area (Å²) in [7, 11) is 3.35. The molecule has 5 heteroatoms. The number of aliphatic hydroxyl groups excluding tert-OH is 1. The summed E-state index contributed by atoms with van der Waals surface area (Å²) in [5.41, 5.74) is 1.87. The highest BCUT2D eigenvalue weighted by atomic mass is 16.5. The first-order chi connectivity index (χ1) is 12.0. The number of amides is 2. The van der Waals surface area contributed by atoms with Gasteiger partial charge in [0.25, 0.3) is 0 Å². The molecule has 134 valence electrons. The van der Waals surface area contributed by atoms with Crippen molar-refractivity contribution in [3.05, 3.63) is 65.7 Å². The second kappa shape index (κ2) is 9.08. The number of para-hydroxylation sites is 1. The minimum atomic E-state index is -0.436. The lowest BCUT2D eigenvalue weighted by atomic mass is 9.98. The molecule has 0 saturated carbocycles. The first-order valence-corrected chi connectivity index (χ1v) is 8.40. The Morgan fingerprint density at radius 1 is 1.16 bits per heavy atom. The third-order valence-corrected chi connectivity index (χ3v) is 4.08. The molecule has 2 unspecified atom stereocenters. The summed E-state index contributed by atoms with van der Waals surface area (Å²) >= 11 is 0. The number of nitrogens with zero attached hydrogens (tertiary/aromatic N) is 1. The minimum Gasteiger partial charge on any atom is -0.496 e. The van der Waals surface area contributed by atoms with Gasteiger partial charge in [-0.3, -0.25) is 0 Å². The molecule has 0 aliphatic rings. The van der Waals surface area contributed by atoms with Gasteiger partial charge in [0.05, 0.1) is 19.3 Å². The maximum Gasteiger partial charge on any atom is 0.317 e. The molecule has 0 aliphatic heterocycles. The van der Waals surface area contributed by atoms with Crippen molar-refractivity contribution in [1.82, 2.24) is 10.2 Å². The molecule has 0 saturated heterocycles. The van der Waals surface area contributed by atoms with Crippen molar-refractivity contribution in [2.45, 2.75) is 25.5 Å². The van der Waals surface area contributed by atoms with Crippen molar-refractivity contribution in [2.75, 3.05) is 20.7 Å². The Labute approximate surface area is 149 Å². The number of methoxy groups -OCH3 is 1. The molecule has 2 amide bonds. The van der Waals surface area contributed by atoms with Crippen LogP contribution in [-0.4, -0.2) is 42.8 Å². The van der Waals surface area contributed by atoms with E-state index >= 15 is 0 Å². The van der Waals surface area contributed by atoms with E-state index in [0.29, 0.717) is 13.0 Å². The standard InChI is InChI=1S/C20H26N2O3/c1-15(23)13-14-22(2)20(24)21-19(16-9-5-4-6-10-16)17-11-7-8-12-18(17)25-3/h4-12,15,19,23H,13-14H2,1-3H3,(H,21,24). The van der Waals surface area contributed by atoms with Gasteiger partial charge in [0.15, 0.2) is 0 Å². The van der Waals surface area contributed by atoms with Crippen LogP contribution in [0.5, 0.6) is 5.75 Å². The van der Waals surface area contributed by atoms with Crippen LogP contribution >= 0.6 is 0 Å². The van der Waals surface area contributed by atoms with Crippen LogP contribution in [0.25, 0.3) is 0 Å². The predicted octanol–water partition coefficient (Wildman–Crippen LogP) is 3.20. The van der Waals surface area contributed by atoms with E-state index in [4.69, 9.17) is 4.74 Å². The van der Waals surface area contributed by atoms with Gasteiger partial charge in [-0.05, 0) is 25.0 Å². The number of carbonyl (C=O) groups excluding carboxylic acids is 1. The molecule has 2 aromatic rings. The van der Waals surface area contributed by atoms with Crippen LogP contribution in [0.2, 0.25) is 0 Å². The van der Waals surface area contributed by atoms with E-state index in [-0.39, 0.29) is 12.1 Å². The Bertz CT molecular complexity index is 674. The van der Waals surface area contributed by atoms with Gasteiger partial charge in [0.1, 0.15) is 5.75 Å². The molecule has 0 aromatic heterocycles. The van der Waals surface area contributed by atoms with Gasteiger partial charge in [-0.15, -0.1) is 0 Å². The van der Waals surface area contributed by atoms with Crippen molar-refractivity contribution in [3.63, 3.8) is 0 Å². The van der Waals surface area contributed by atoms with Gasteiger partial charge in [-0.25, -0.2) is 4.79 Å². The highest BCUT2D eigenvalue weighted by molar-refractivity contribution is 5.75. The van der Waals surface area contributed by atoms with Crippen LogP contribution < -0.4 is 10.1 Å². The third-order valence-electron chi connectivity index (χ3n) is 4.08. The Hall–Kier alpha value is -2.53. The van der Waals surface area contributed by atoms with Crippen LogP contribution in [-0.2, 0) is 0 Å². The lowest BCUT2D eigenvalue weighted by Gasteiger charge is -2.25. The summed E-state index contributed by atoms with van der Waals surface area (Å²) < 4.78 is 5.47. The second-order valence-corrected chi connectivity index (χ2v) is 6.09. The van der Waals surface area contributed by atoms with E-state index in [2.05, 4.69) is 5.32 Å². The van der Waals surface area contributed by atoms with Crippen molar-refractivity contribution >= 4 is 6.03 Å². The molecule has 0 fully saturated rings. The number of hydrogen-bond donors (Lipinski definition) is 2. The largest absolute Gasteiger partial charge is 0.496 e. The molecule has 25 heavy (non-hydrogen) atoms. The Kier molecular flexibility index (Phi) is 6.83. The first kappa shape index (κ1) is 18.8. The Balaban J connectivity index is 2.26. The molecule has 0 radical (unpaired) electrons. The highest BCUT2D eigenvalue weighted by Crippen LogP contribution is 2.29. The average Bonchev–Trinajstić information content (AvgIpc) is 2.64. The molecule has 2 rings (SSSR count). The van der Waals surface area contributed by atoms with Gasteiger partial charge in [0.2, 0.25) is 0 Å². The maximum atomic E-state index is 12.6. The summed E-state index contributed by atoms with van der Waals surface area (Å²) in [6, 6.07) is 16.9. The first-order valence-electron chi connectivity index (χ1n) is 8.40. The topological polar surface area (TPSA) is 61.8 Å².